The van der Waals surface area contributed by atoms with Gasteiger partial charge in [0.05, 0.1) is 12.8 Å². The van der Waals surface area contributed by atoms with Crippen LogP contribution < -0.4 is 15.4 Å². The van der Waals surface area contributed by atoms with Gasteiger partial charge in [-0.1, -0.05) is 12.1 Å². The minimum atomic E-state index is -0.0909. The highest BCUT2D eigenvalue weighted by Gasteiger charge is 2.33. The van der Waals surface area contributed by atoms with Crippen molar-refractivity contribution < 1.29 is 9.53 Å². The van der Waals surface area contributed by atoms with E-state index in [0.717, 1.165) is 30.6 Å². The summed E-state index contributed by atoms with van der Waals surface area (Å²) in [6.07, 6.45) is 2.21. The van der Waals surface area contributed by atoms with Crippen LogP contribution in [0.25, 0.3) is 0 Å². The first-order chi connectivity index (χ1) is 8.57. The lowest BCUT2D eigenvalue weighted by atomic mass is 9.89. The molecule has 0 radical (unpaired) electrons. The van der Waals surface area contributed by atoms with Crippen molar-refractivity contribution in [3.05, 3.63) is 23.8 Å². The summed E-state index contributed by atoms with van der Waals surface area (Å²) in [6, 6.07) is 5.88. The van der Waals surface area contributed by atoms with Gasteiger partial charge in [0.1, 0.15) is 5.75 Å². The lowest BCUT2D eigenvalue weighted by Crippen LogP contribution is -2.34. The van der Waals surface area contributed by atoms with Crippen molar-refractivity contribution in [3.8, 4) is 5.75 Å². The minimum absolute atomic E-state index is 0.0812. The van der Waals surface area contributed by atoms with Gasteiger partial charge in [-0.25, -0.2) is 0 Å². The number of anilines is 1. The molecule has 98 valence electrons. The van der Waals surface area contributed by atoms with Gasteiger partial charge in [-0.2, -0.15) is 0 Å². The summed E-state index contributed by atoms with van der Waals surface area (Å²) < 4.78 is 5.35. The molecule has 1 amide bonds. The van der Waals surface area contributed by atoms with Gasteiger partial charge in [-0.3, -0.25) is 4.79 Å². The lowest BCUT2D eigenvalue weighted by molar-refractivity contribution is -0.114. The van der Waals surface area contributed by atoms with Gasteiger partial charge >= 0.3 is 0 Å². The van der Waals surface area contributed by atoms with E-state index in [-0.39, 0.29) is 11.4 Å². The Morgan fingerprint density at radius 2 is 2.28 bits per heavy atom. The third-order valence-corrected chi connectivity index (χ3v) is 3.51. The number of benzene rings is 1. The highest BCUT2D eigenvalue weighted by molar-refractivity contribution is 5.91. The Balaban J connectivity index is 2.48. The van der Waals surface area contributed by atoms with Crippen molar-refractivity contribution in [1.29, 1.82) is 0 Å². The summed E-state index contributed by atoms with van der Waals surface area (Å²) in [5.74, 6) is 0.625. The van der Waals surface area contributed by atoms with Crippen molar-refractivity contribution in [2.24, 2.45) is 0 Å². The second kappa shape index (κ2) is 4.98. The largest absolute Gasteiger partial charge is 0.495 e. The number of carbonyl (C=O) groups excluding carboxylic acids is 1. The lowest BCUT2D eigenvalue weighted by Gasteiger charge is -2.28. The molecule has 1 aromatic rings. The van der Waals surface area contributed by atoms with E-state index in [1.54, 1.807) is 7.11 Å². The van der Waals surface area contributed by atoms with Crippen molar-refractivity contribution in [2.45, 2.75) is 32.2 Å². The van der Waals surface area contributed by atoms with E-state index in [0.29, 0.717) is 5.75 Å². The van der Waals surface area contributed by atoms with E-state index in [1.165, 1.54) is 6.92 Å². The monoisotopic (exact) mass is 248 g/mol. The number of hydrogen-bond acceptors (Lipinski definition) is 3. The van der Waals surface area contributed by atoms with Crippen LogP contribution in [0.1, 0.15) is 32.3 Å². The molecule has 18 heavy (non-hydrogen) atoms. The summed E-state index contributed by atoms with van der Waals surface area (Å²) >= 11 is 0. The number of hydrogen-bond donors (Lipinski definition) is 2. The van der Waals surface area contributed by atoms with Gasteiger partial charge in [0.15, 0.2) is 0 Å². The molecule has 0 aliphatic carbocycles. The quantitative estimate of drug-likeness (QED) is 0.862. The van der Waals surface area contributed by atoms with E-state index in [1.807, 2.05) is 18.2 Å². The van der Waals surface area contributed by atoms with E-state index in [9.17, 15) is 4.79 Å². The summed E-state index contributed by atoms with van der Waals surface area (Å²) in [5, 5.41) is 6.40. The highest BCUT2D eigenvalue weighted by Crippen LogP contribution is 2.39. The SMILES string of the molecule is COc1cccc(C2(C)CCCN2)c1NC(C)=O. The second-order valence-electron chi connectivity index (χ2n) is 4.93. The predicted molar refractivity (Wildman–Crippen MR) is 71.9 cm³/mol. The van der Waals surface area contributed by atoms with Gasteiger partial charge in [0.25, 0.3) is 0 Å². The summed E-state index contributed by atoms with van der Waals surface area (Å²) in [5.41, 5.74) is 1.78. The van der Waals surface area contributed by atoms with Crippen molar-refractivity contribution in [2.75, 3.05) is 19.0 Å². The molecule has 4 heteroatoms. The fourth-order valence-electron chi connectivity index (χ4n) is 2.59. The number of para-hydroxylation sites is 1. The van der Waals surface area contributed by atoms with Crippen molar-refractivity contribution >= 4 is 11.6 Å². The molecule has 1 aliphatic heterocycles. The topological polar surface area (TPSA) is 50.4 Å². The zero-order valence-corrected chi connectivity index (χ0v) is 11.2. The molecule has 0 spiro atoms. The average Bonchev–Trinajstić information content (AvgIpc) is 2.76. The van der Waals surface area contributed by atoms with Crippen LogP contribution >= 0.6 is 0 Å². The van der Waals surface area contributed by atoms with E-state index >= 15 is 0 Å². The Bertz CT molecular complexity index is 451. The highest BCUT2D eigenvalue weighted by atomic mass is 16.5. The molecule has 2 N–H and O–H groups in total. The van der Waals surface area contributed by atoms with Gasteiger partial charge in [0, 0.05) is 12.5 Å². The third kappa shape index (κ3) is 2.34. The number of nitrogens with one attached hydrogen (secondary N) is 2. The fraction of sp³-hybridized carbons (Fsp3) is 0.500. The van der Waals surface area contributed by atoms with Crippen molar-refractivity contribution in [1.82, 2.24) is 5.32 Å². The Morgan fingerprint density at radius 1 is 1.50 bits per heavy atom. The van der Waals surface area contributed by atoms with Gasteiger partial charge in [0.2, 0.25) is 5.91 Å². The smallest absolute Gasteiger partial charge is 0.221 e. The first-order valence-electron chi connectivity index (χ1n) is 6.27. The van der Waals surface area contributed by atoms with Crippen LogP contribution in [0.2, 0.25) is 0 Å². The molecular weight excluding hydrogens is 228 g/mol. The average molecular weight is 248 g/mol. The zero-order chi connectivity index (χ0) is 13.2. The molecule has 1 aromatic carbocycles. The molecule has 0 saturated carbocycles. The molecule has 1 saturated heterocycles. The van der Waals surface area contributed by atoms with Crippen molar-refractivity contribution in [3.63, 3.8) is 0 Å². The standard InChI is InChI=1S/C14H20N2O2/c1-10(17)16-13-11(6-4-7-12(13)18-3)14(2)8-5-9-15-14/h4,6-7,15H,5,8-9H2,1-3H3,(H,16,17). The third-order valence-electron chi connectivity index (χ3n) is 3.51. The van der Waals surface area contributed by atoms with Crippen LogP contribution in [0.15, 0.2) is 18.2 Å². The molecule has 1 fully saturated rings. The van der Waals surface area contributed by atoms with Gasteiger partial charge in [-0.05, 0) is 37.9 Å². The van der Waals surface area contributed by atoms with E-state index in [2.05, 4.69) is 17.6 Å². The maximum absolute atomic E-state index is 11.4. The zero-order valence-electron chi connectivity index (χ0n) is 11.2. The molecule has 1 unspecified atom stereocenters. The number of carbonyl (C=O) groups is 1. The maximum Gasteiger partial charge on any atom is 0.221 e. The van der Waals surface area contributed by atoms with Crippen LogP contribution in [-0.2, 0) is 10.3 Å². The molecule has 0 bridgehead atoms. The fourth-order valence-corrected chi connectivity index (χ4v) is 2.59. The van der Waals surface area contributed by atoms with Crippen LogP contribution in [0.5, 0.6) is 5.75 Å². The maximum atomic E-state index is 11.4. The Kier molecular flexibility index (Phi) is 3.57. The summed E-state index contributed by atoms with van der Waals surface area (Å²) in [6.45, 7) is 4.69. The predicted octanol–water partition coefficient (Wildman–Crippen LogP) is 2.25. The van der Waals surface area contributed by atoms with Gasteiger partial charge in [-0.15, -0.1) is 0 Å². The number of ether oxygens (including phenoxy) is 1. The van der Waals surface area contributed by atoms with Crippen LogP contribution in [0, 0.1) is 0 Å². The molecule has 2 rings (SSSR count). The Hall–Kier alpha value is -1.55. The molecule has 1 heterocycles. The second-order valence-corrected chi connectivity index (χ2v) is 4.93. The normalized spacial score (nSPS) is 22.8. The van der Waals surface area contributed by atoms with E-state index in [4.69, 9.17) is 4.74 Å². The van der Waals surface area contributed by atoms with Gasteiger partial charge < -0.3 is 15.4 Å². The van der Waals surface area contributed by atoms with E-state index < -0.39 is 0 Å². The number of rotatable bonds is 3. The number of methoxy groups -OCH3 is 1. The molecule has 4 nitrogen and oxygen atoms in total. The summed E-state index contributed by atoms with van der Waals surface area (Å²) in [7, 11) is 1.62. The Morgan fingerprint density at radius 3 is 2.83 bits per heavy atom. The molecular formula is C14H20N2O2. The molecule has 0 aromatic heterocycles. The number of amides is 1. The molecule has 1 atom stereocenters. The first kappa shape index (κ1) is 12.9. The van der Waals surface area contributed by atoms with Crippen LogP contribution in [0.4, 0.5) is 5.69 Å². The van der Waals surface area contributed by atoms with Crippen LogP contribution in [-0.4, -0.2) is 19.6 Å². The summed E-state index contributed by atoms with van der Waals surface area (Å²) in [4.78, 5) is 11.4. The Labute approximate surface area is 108 Å². The van der Waals surface area contributed by atoms with Crippen LogP contribution in [0.3, 0.4) is 0 Å². The minimum Gasteiger partial charge on any atom is -0.495 e. The first-order valence-corrected chi connectivity index (χ1v) is 6.27. The molecule has 1 aliphatic rings.